The summed E-state index contributed by atoms with van der Waals surface area (Å²) in [5, 5.41) is 12.3. The smallest absolute Gasteiger partial charge is 0.339 e. The lowest BCUT2D eigenvalue weighted by Gasteiger charge is -2.43. The first kappa shape index (κ1) is 33.0. The van der Waals surface area contributed by atoms with Gasteiger partial charge in [0.1, 0.15) is 28.9 Å². The molecule has 47 heavy (non-hydrogen) atoms. The molecule has 0 aliphatic carbocycles. The Labute approximate surface area is 284 Å². The van der Waals surface area contributed by atoms with Gasteiger partial charge in [0, 0.05) is 23.3 Å². The molecule has 0 amide bonds. The molecule has 1 aliphatic rings. The first-order chi connectivity index (χ1) is 22.6. The quantitative estimate of drug-likeness (QED) is 0.129. The van der Waals surface area contributed by atoms with Crippen molar-refractivity contribution in [3.8, 4) is 11.5 Å². The number of hydrogen-bond acceptors (Lipinski definition) is 8. The second-order valence-corrected chi connectivity index (χ2v) is 18.6. The van der Waals surface area contributed by atoms with Crippen LogP contribution in [0, 0.1) is 0 Å². The number of fused-ring (bicyclic) bond motifs is 1. The highest BCUT2D eigenvalue weighted by atomic mass is 35.5. The molecule has 1 aliphatic heterocycles. The van der Waals surface area contributed by atoms with Crippen LogP contribution in [0.4, 0.5) is 0 Å². The number of thioether (sulfide) groups is 1. The van der Waals surface area contributed by atoms with Crippen LogP contribution in [0.2, 0.25) is 10.2 Å². The van der Waals surface area contributed by atoms with Crippen molar-refractivity contribution in [1.82, 2.24) is 19.5 Å². The van der Waals surface area contributed by atoms with Crippen LogP contribution in [0.15, 0.2) is 85.5 Å². The van der Waals surface area contributed by atoms with Gasteiger partial charge in [0.15, 0.2) is 10.8 Å². The summed E-state index contributed by atoms with van der Waals surface area (Å²) in [6.07, 6.45) is 3.80. The number of rotatable bonds is 10. The molecule has 3 aromatic carbocycles. The molecule has 0 saturated carbocycles. The maximum Gasteiger partial charge on any atom is 0.339 e. The van der Waals surface area contributed by atoms with Crippen molar-refractivity contribution in [2.75, 3.05) is 20.8 Å². The molecule has 1 saturated heterocycles. The Morgan fingerprint density at radius 2 is 1.64 bits per heavy atom. The monoisotopic (exact) mass is 688 g/mol. The fraction of sp³-hybridized carbons (Fsp3) is 0.314. The van der Waals surface area contributed by atoms with Crippen molar-refractivity contribution >= 4 is 59.2 Å². The number of carboxylic acids is 1. The minimum Gasteiger partial charge on any atom is -0.496 e. The van der Waals surface area contributed by atoms with E-state index in [-0.39, 0.29) is 38.0 Å². The van der Waals surface area contributed by atoms with Crippen molar-refractivity contribution in [3.63, 3.8) is 0 Å². The Balaban J connectivity index is 1.46. The van der Waals surface area contributed by atoms with Crippen molar-refractivity contribution in [2.45, 2.75) is 48.8 Å². The lowest BCUT2D eigenvalue weighted by Crippen LogP contribution is -2.67. The van der Waals surface area contributed by atoms with Gasteiger partial charge in [-0.05, 0) is 34.0 Å². The number of imidazole rings is 1. The van der Waals surface area contributed by atoms with Gasteiger partial charge < -0.3 is 23.6 Å². The number of ether oxygens (including phenoxy) is 2. The number of methoxy groups -OCH3 is 2. The Kier molecular flexibility index (Phi) is 9.35. The number of halogens is 1. The topological polar surface area (TPSA) is 109 Å². The molecular formula is C35H37ClN4O5SSi. The summed E-state index contributed by atoms with van der Waals surface area (Å²) in [6, 6.07) is 24.4. The molecule has 1 N–H and O–H groups in total. The number of aromatic nitrogens is 4. The van der Waals surface area contributed by atoms with Crippen molar-refractivity contribution < 1.29 is 23.8 Å². The fourth-order valence-electron chi connectivity index (χ4n) is 6.86. The van der Waals surface area contributed by atoms with E-state index in [1.807, 2.05) is 16.7 Å². The van der Waals surface area contributed by atoms with Crippen LogP contribution in [-0.4, -0.2) is 65.0 Å². The van der Waals surface area contributed by atoms with Gasteiger partial charge in [-0.2, -0.15) is 0 Å². The van der Waals surface area contributed by atoms with Gasteiger partial charge in [-0.25, -0.2) is 19.7 Å². The zero-order valence-electron chi connectivity index (χ0n) is 26.9. The number of benzene rings is 3. The van der Waals surface area contributed by atoms with E-state index in [1.54, 1.807) is 31.3 Å². The van der Waals surface area contributed by atoms with Crippen LogP contribution >= 0.6 is 23.4 Å². The lowest BCUT2D eigenvalue weighted by molar-refractivity contribution is 0.0693. The highest BCUT2D eigenvalue weighted by molar-refractivity contribution is 8.00. The Morgan fingerprint density at radius 1 is 0.979 bits per heavy atom. The first-order valence-electron chi connectivity index (χ1n) is 15.3. The maximum atomic E-state index is 12.3. The fourth-order valence-corrected chi connectivity index (χ4v) is 13.3. The molecule has 9 nitrogen and oxygen atoms in total. The first-order valence-corrected chi connectivity index (χ1v) is 18.5. The highest BCUT2D eigenvalue weighted by Crippen LogP contribution is 2.56. The summed E-state index contributed by atoms with van der Waals surface area (Å²) in [5.41, 5.74) is 1.84. The second kappa shape index (κ2) is 13.3. The number of hydrogen-bond donors (Lipinski definition) is 1. The molecule has 12 heteroatoms. The Morgan fingerprint density at radius 3 is 2.21 bits per heavy atom. The van der Waals surface area contributed by atoms with E-state index in [0.717, 1.165) is 0 Å². The molecule has 5 aromatic rings. The summed E-state index contributed by atoms with van der Waals surface area (Å²) in [7, 11) is 0.259. The van der Waals surface area contributed by atoms with Gasteiger partial charge in [-0.3, -0.25) is 0 Å². The summed E-state index contributed by atoms with van der Waals surface area (Å²) >= 11 is 8.16. The van der Waals surface area contributed by atoms with Crippen molar-refractivity contribution in [1.29, 1.82) is 0 Å². The van der Waals surface area contributed by atoms with Crippen LogP contribution in [-0.2, 0) is 4.43 Å². The molecule has 6 rings (SSSR count). The van der Waals surface area contributed by atoms with Gasteiger partial charge >= 0.3 is 5.97 Å². The lowest BCUT2D eigenvalue weighted by atomic mass is 9.90. The minimum absolute atomic E-state index is 0.0179. The summed E-state index contributed by atoms with van der Waals surface area (Å²) < 4.78 is 21.0. The van der Waals surface area contributed by atoms with E-state index in [9.17, 15) is 9.90 Å². The standard InChI is InChI=1S/C35H37ClN4O5SSi/c1-35(2,3)47(23-12-8-6-9-13-23,24-14-10-7-11-15-24)45-19-22-18-26(28-27(43-4)17-16-25(34(41)42)30(28)44-5)33(46-22)40-21-39-29-31(36)37-20-38-32(29)40/h6-17,20-22,26,33H,18-19H2,1-5H3,(H,41,42)/t22-,26+,33?/m0/s1. The SMILES string of the molecule is COc1ccc(C(=O)O)c(OC)c1[C@H]1C[C@@H](CO[Si](c2ccccc2)(c2ccccc2)C(C)(C)C)SC1n1cnc2c(Cl)ncnc21. The molecule has 1 fully saturated rings. The molecule has 3 atom stereocenters. The van der Waals surface area contributed by atoms with E-state index in [1.165, 1.54) is 29.9 Å². The molecule has 244 valence electrons. The maximum absolute atomic E-state index is 12.3. The number of aromatic carboxylic acids is 1. The highest BCUT2D eigenvalue weighted by Gasteiger charge is 2.51. The zero-order chi connectivity index (χ0) is 33.3. The average molecular weight is 689 g/mol. The normalized spacial score (nSPS) is 18.4. The van der Waals surface area contributed by atoms with E-state index in [4.69, 9.17) is 25.5 Å². The molecule has 2 aromatic heterocycles. The van der Waals surface area contributed by atoms with Crippen molar-refractivity contribution in [2.24, 2.45) is 0 Å². The van der Waals surface area contributed by atoms with E-state index >= 15 is 0 Å². The largest absolute Gasteiger partial charge is 0.496 e. The van der Waals surface area contributed by atoms with Crippen LogP contribution in [0.5, 0.6) is 11.5 Å². The van der Waals surface area contributed by atoms with Crippen molar-refractivity contribution in [3.05, 3.63) is 102 Å². The Hall–Kier alpha value is -3.90. The molecule has 0 bridgehead atoms. The molecule has 3 heterocycles. The van der Waals surface area contributed by atoms with Crippen LogP contribution in [0.1, 0.15) is 54.4 Å². The number of nitrogens with zero attached hydrogens (tertiary/aromatic N) is 4. The van der Waals surface area contributed by atoms with Gasteiger partial charge in [0.2, 0.25) is 0 Å². The molecular weight excluding hydrogens is 652 g/mol. The van der Waals surface area contributed by atoms with Gasteiger partial charge in [0.25, 0.3) is 8.32 Å². The predicted molar refractivity (Wildman–Crippen MR) is 188 cm³/mol. The minimum atomic E-state index is -2.81. The van der Waals surface area contributed by atoms with E-state index < -0.39 is 14.3 Å². The van der Waals surface area contributed by atoms with Gasteiger partial charge in [-0.15, -0.1) is 11.8 Å². The van der Waals surface area contributed by atoms with Crippen LogP contribution in [0.25, 0.3) is 11.2 Å². The summed E-state index contributed by atoms with van der Waals surface area (Å²) in [5.74, 6) is -0.499. The molecule has 0 radical (unpaired) electrons. The third-order valence-corrected chi connectivity index (χ3v) is 15.7. The molecule has 1 unspecified atom stereocenters. The number of carbonyl (C=O) groups is 1. The van der Waals surface area contributed by atoms with Crippen LogP contribution < -0.4 is 19.8 Å². The second-order valence-electron chi connectivity index (χ2n) is 12.5. The number of carboxylic acid groups (broad SMARTS) is 1. The predicted octanol–water partition coefficient (Wildman–Crippen LogP) is 6.56. The Bertz CT molecular complexity index is 1850. The molecule has 0 spiro atoms. The van der Waals surface area contributed by atoms with Gasteiger partial charge in [0.05, 0.1) is 25.9 Å². The zero-order valence-corrected chi connectivity index (χ0v) is 29.5. The van der Waals surface area contributed by atoms with Gasteiger partial charge in [-0.1, -0.05) is 93.0 Å². The average Bonchev–Trinajstić information content (AvgIpc) is 3.69. The van der Waals surface area contributed by atoms with E-state index in [0.29, 0.717) is 35.5 Å². The third kappa shape index (κ3) is 5.90. The third-order valence-electron chi connectivity index (χ3n) is 8.87. The van der Waals surface area contributed by atoms with Crippen LogP contribution in [0.3, 0.4) is 0 Å². The summed E-state index contributed by atoms with van der Waals surface area (Å²) in [6.45, 7) is 7.26. The van der Waals surface area contributed by atoms with E-state index in [2.05, 4.69) is 84.3 Å². The summed E-state index contributed by atoms with van der Waals surface area (Å²) in [4.78, 5) is 25.5.